The minimum absolute atomic E-state index is 0.0355. The van der Waals surface area contributed by atoms with Gasteiger partial charge in [0.15, 0.2) is 0 Å². The lowest BCUT2D eigenvalue weighted by Gasteiger charge is -2.45. The highest BCUT2D eigenvalue weighted by molar-refractivity contribution is 6.09. The number of ether oxygens (including phenoxy) is 1. The molecule has 1 aliphatic carbocycles. The van der Waals surface area contributed by atoms with Crippen molar-refractivity contribution >= 4 is 22.7 Å². The molecular formula is C28H34N4O3. The Morgan fingerprint density at radius 2 is 1.83 bits per heavy atom. The van der Waals surface area contributed by atoms with Gasteiger partial charge in [-0.2, -0.15) is 0 Å². The first-order chi connectivity index (χ1) is 17.1. The molecule has 2 fully saturated rings. The van der Waals surface area contributed by atoms with Crippen molar-refractivity contribution in [1.29, 1.82) is 0 Å². The molecule has 2 aromatic heterocycles. The first-order valence-corrected chi connectivity index (χ1v) is 13.1. The summed E-state index contributed by atoms with van der Waals surface area (Å²) < 4.78 is 10.0. The van der Waals surface area contributed by atoms with Gasteiger partial charge in [-0.05, 0) is 50.8 Å². The molecule has 3 aromatic rings. The maximum absolute atomic E-state index is 14.4. The highest BCUT2D eigenvalue weighted by atomic mass is 16.5. The Morgan fingerprint density at radius 3 is 2.57 bits per heavy atom. The van der Waals surface area contributed by atoms with Crippen LogP contribution in [0.2, 0.25) is 0 Å². The third-order valence-electron chi connectivity index (χ3n) is 8.16. The number of aromatic nitrogens is 2. The molecule has 7 heteroatoms. The third kappa shape index (κ3) is 3.77. The molecule has 2 unspecified atom stereocenters. The molecule has 2 aliphatic heterocycles. The van der Waals surface area contributed by atoms with Gasteiger partial charge >= 0.3 is 0 Å². The molecule has 0 spiro atoms. The number of carbonyl (C=O) groups is 2. The maximum atomic E-state index is 14.4. The molecule has 3 aliphatic rings. The summed E-state index contributed by atoms with van der Waals surface area (Å²) in [7, 11) is 0. The molecule has 7 nitrogen and oxygen atoms in total. The van der Waals surface area contributed by atoms with Crippen LogP contribution in [0, 0.1) is 0 Å². The lowest BCUT2D eigenvalue weighted by molar-refractivity contribution is -0.134. The highest BCUT2D eigenvalue weighted by Gasteiger charge is 2.50. The summed E-state index contributed by atoms with van der Waals surface area (Å²) >= 11 is 0. The zero-order valence-corrected chi connectivity index (χ0v) is 20.4. The van der Waals surface area contributed by atoms with E-state index in [4.69, 9.17) is 4.74 Å². The van der Waals surface area contributed by atoms with Gasteiger partial charge in [-0.15, -0.1) is 0 Å². The highest BCUT2D eigenvalue weighted by Crippen LogP contribution is 2.38. The van der Waals surface area contributed by atoms with Gasteiger partial charge in [0.05, 0.1) is 23.9 Å². The third-order valence-corrected chi connectivity index (χ3v) is 8.16. The van der Waals surface area contributed by atoms with Gasteiger partial charge in [0.2, 0.25) is 5.91 Å². The van der Waals surface area contributed by atoms with Crippen LogP contribution in [0.4, 0.5) is 0 Å². The molecule has 6 rings (SSSR count). The second-order valence-corrected chi connectivity index (χ2v) is 10.5. The van der Waals surface area contributed by atoms with E-state index in [1.807, 2.05) is 59.1 Å². The molecular weight excluding hydrogens is 440 g/mol. The van der Waals surface area contributed by atoms with Crippen molar-refractivity contribution in [3.05, 3.63) is 54.5 Å². The Balaban J connectivity index is 1.46. The van der Waals surface area contributed by atoms with Gasteiger partial charge in [0, 0.05) is 37.0 Å². The molecule has 4 heterocycles. The number of nitrogens with one attached hydrogen (secondary N) is 1. The number of benzene rings is 1. The average molecular weight is 475 g/mol. The van der Waals surface area contributed by atoms with Crippen molar-refractivity contribution < 1.29 is 14.3 Å². The number of para-hydroxylation sites is 1. The first kappa shape index (κ1) is 22.4. The number of hydrogen-bond acceptors (Lipinski definition) is 3. The normalized spacial score (nSPS) is 25.2. The SMILES string of the molecule is CC1(C(=O)NC2CCCCC2)Cn2c(c(-n3cccc3)c3ccccc32)C(=O)N1CC1CCCO1. The Hall–Kier alpha value is -3.06. The van der Waals surface area contributed by atoms with E-state index in [2.05, 4.69) is 16.0 Å². The molecule has 1 saturated carbocycles. The van der Waals surface area contributed by atoms with E-state index in [-0.39, 0.29) is 24.0 Å². The largest absolute Gasteiger partial charge is 0.376 e. The number of nitrogens with zero attached hydrogens (tertiary/aromatic N) is 3. The van der Waals surface area contributed by atoms with Crippen LogP contribution in [0.1, 0.15) is 62.4 Å². The zero-order valence-electron chi connectivity index (χ0n) is 20.4. The summed E-state index contributed by atoms with van der Waals surface area (Å²) in [6.45, 7) is 3.50. The lowest BCUT2D eigenvalue weighted by Crippen LogP contribution is -2.66. The number of fused-ring (bicyclic) bond motifs is 3. The van der Waals surface area contributed by atoms with E-state index in [1.54, 1.807) is 0 Å². The molecule has 1 saturated heterocycles. The monoisotopic (exact) mass is 474 g/mol. The predicted octanol–water partition coefficient (Wildman–Crippen LogP) is 4.27. The fourth-order valence-corrected chi connectivity index (χ4v) is 6.21. The van der Waals surface area contributed by atoms with E-state index in [9.17, 15) is 9.59 Å². The van der Waals surface area contributed by atoms with E-state index < -0.39 is 5.54 Å². The van der Waals surface area contributed by atoms with E-state index in [0.29, 0.717) is 25.4 Å². The van der Waals surface area contributed by atoms with Crippen LogP contribution < -0.4 is 5.32 Å². The average Bonchev–Trinajstić information content (AvgIpc) is 3.63. The second-order valence-electron chi connectivity index (χ2n) is 10.5. The summed E-state index contributed by atoms with van der Waals surface area (Å²) in [6, 6.07) is 12.2. The summed E-state index contributed by atoms with van der Waals surface area (Å²) in [5.41, 5.74) is 1.50. The van der Waals surface area contributed by atoms with Gasteiger partial charge in [-0.1, -0.05) is 37.5 Å². The predicted molar refractivity (Wildman–Crippen MR) is 135 cm³/mol. The molecule has 2 atom stereocenters. The van der Waals surface area contributed by atoms with Crippen molar-refractivity contribution in [3.63, 3.8) is 0 Å². The van der Waals surface area contributed by atoms with Crippen LogP contribution in [-0.4, -0.2) is 56.7 Å². The summed E-state index contributed by atoms with van der Waals surface area (Å²) in [4.78, 5) is 30.1. The molecule has 1 N–H and O–H groups in total. The smallest absolute Gasteiger partial charge is 0.273 e. The van der Waals surface area contributed by atoms with Gasteiger partial charge in [-0.3, -0.25) is 9.59 Å². The fraction of sp³-hybridized carbons (Fsp3) is 0.500. The van der Waals surface area contributed by atoms with Crippen molar-refractivity contribution in [2.24, 2.45) is 0 Å². The molecule has 0 bridgehead atoms. The molecule has 184 valence electrons. The van der Waals surface area contributed by atoms with Crippen LogP contribution in [0.15, 0.2) is 48.8 Å². The van der Waals surface area contributed by atoms with Crippen LogP contribution in [0.3, 0.4) is 0 Å². The fourth-order valence-electron chi connectivity index (χ4n) is 6.21. The Morgan fingerprint density at radius 1 is 1.06 bits per heavy atom. The van der Waals surface area contributed by atoms with Crippen molar-refractivity contribution in [3.8, 4) is 5.69 Å². The summed E-state index contributed by atoms with van der Waals surface area (Å²) in [5, 5.41) is 4.34. The van der Waals surface area contributed by atoms with Crippen LogP contribution in [0.25, 0.3) is 16.6 Å². The lowest BCUT2D eigenvalue weighted by atomic mass is 9.91. The standard InChI is InChI=1S/C28H34N4O3/c1-28(27(34)29-20-10-3-2-4-11-20)19-31-23-14-6-5-13-22(23)24(30-15-7-8-16-30)25(31)26(33)32(28)18-21-12-9-17-35-21/h5-8,13-16,20-21H,2-4,9-12,17-19H2,1H3,(H,29,34). The Labute approximate surface area is 206 Å². The first-order valence-electron chi connectivity index (χ1n) is 13.1. The van der Waals surface area contributed by atoms with Crippen LogP contribution in [0.5, 0.6) is 0 Å². The summed E-state index contributed by atoms with van der Waals surface area (Å²) in [5.74, 6) is -0.158. The molecule has 2 amide bonds. The van der Waals surface area contributed by atoms with Gasteiger partial charge < -0.3 is 24.1 Å². The van der Waals surface area contributed by atoms with Crippen molar-refractivity contribution in [1.82, 2.24) is 19.4 Å². The quantitative estimate of drug-likeness (QED) is 0.600. The van der Waals surface area contributed by atoms with Crippen LogP contribution in [-0.2, 0) is 16.1 Å². The van der Waals surface area contributed by atoms with Crippen molar-refractivity contribution in [2.45, 2.75) is 76.1 Å². The van der Waals surface area contributed by atoms with Crippen LogP contribution >= 0.6 is 0 Å². The number of carbonyl (C=O) groups excluding carboxylic acids is 2. The van der Waals surface area contributed by atoms with Gasteiger partial charge in [0.25, 0.3) is 5.91 Å². The minimum Gasteiger partial charge on any atom is -0.376 e. The van der Waals surface area contributed by atoms with Gasteiger partial charge in [0.1, 0.15) is 11.2 Å². The maximum Gasteiger partial charge on any atom is 0.273 e. The van der Waals surface area contributed by atoms with E-state index in [1.165, 1.54) is 6.42 Å². The zero-order chi connectivity index (χ0) is 24.0. The van der Waals surface area contributed by atoms with E-state index >= 15 is 0 Å². The molecule has 1 aromatic carbocycles. The second kappa shape index (κ2) is 8.86. The minimum atomic E-state index is -0.997. The topological polar surface area (TPSA) is 68.5 Å². The van der Waals surface area contributed by atoms with Gasteiger partial charge in [-0.25, -0.2) is 0 Å². The number of hydrogen-bond donors (Lipinski definition) is 1. The molecule has 0 radical (unpaired) electrons. The Bertz CT molecular complexity index is 1230. The van der Waals surface area contributed by atoms with E-state index in [0.717, 1.165) is 55.1 Å². The molecule has 35 heavy (non-hydrogen) atoms. The van der Waals surface area contributed by atoms with Crippen molar-refractivity contribution in [2.75, 3.05) is 13.2 Å². The number of amides is 2. The summed E-state index contributed by atoms with van der Waals surface area (Å²) in [6.07, 6.45) is 11.4. The number of rotatable bonds is 5. The Kier molecular flexibility index (Phi) is 5.67.